The molecule has 1 aliphatic rings. The molecule has 1 aromatic carbocycles. The fourth-order valence-corrected chi connectivity index (χ4v) is 5.52. The first-order valence-electron chi connectivity index (χ1n) is 14.8. The molecule has 0 spiro atoms. The predicted molar refractivity (Wildman–Crippen MR) is 149 cm³/mol. The molecule has 0 amide bonds. The highest BCUT2D eigenvalue weighted by Gasteiger charge is 2.20. The van der Waals surface area contributed by atoms with Gasteiger partial charge in [0.25, 0.3) is 0 Å². The number of unbranched alkanes of at least 4 members (excludes halogenated alkanes) is 8. The van der Waals surface area contributed by atoms with Gasteiger partial charge >= 0.3 is 0 Å². The van der Waals surface area contributed by atoms with E-state index in [0.717, 1.165) is 48.4 Å². The third kappa shape index (κ3) is 10.7. The van der Waals surface area contributed by atoms with Crippen molar-refractivity contribution < 1.29 is 4.74 Å². The molecule has 0 aliphatic heterocycles. The van der Waals surface area contributed by atoms with Gasteiger partial charge in [0, 0.05) is 18.0 Å². The summed E-state index contributed by atoms with van der Waals surface area (Å²) in [4.78, 5) is 9.31. The zero-order valence-corrected chi connectivity index (χ0v) is 22.6. The Balaban J connectivity index is 1.30. The number of benzene rings is 1. The van der Waals surface area contributed by atoms with Gasteiger partial charge in [-0.15, -0.1) is 0 Å². The Morgan fingerprint density at radius 3 is 1.86 bits per heavy atom. The monoisotopic (exact) mass is 478 g/mol. The summed E-state index contributed by atoms with van der Waals surface area (Å²) in [5.41, 5.74) is 2.33. The lowest BCUT2D eigenvalue weighted by Gasteiger charge is -2.28. The van der Waals surface area contributed by atoms with Gasteiger partial charge in [0.05, 0.1) is 6.61 Å². The second kappa shape index (κ2) is 16.7. The van der Waals surface area contributed by atoms with Crippen LogP contribution in [0, 0.1) is 11.8 Å². The smallest absolute Gasteiger partial charge is 0.159 e. The van der Waals surface area contributed by atoms with Gasteiger partial charge < -0.3 is 4.74 Å². The summed E-state index contributed by atoms with van der Waals surface area (Å²) < 4.78 is 5.94. The fourth-order valence-electron chi connectivity index (χ4n) is 5.52. The summed E-state index contributed by atoms with van der Waals surface area (Å²) in [5, 5.41) is 0. The van der Waals surface area contributed by atoms with Gasteiger partial charge in [-0.1, -0.05) is 104 Å². The van der Waals surface area contributed by atoms with Crippen molar-refractivity contribution in [2.45, 2.75) is 123 Å². The Kier molecular flexibility index (Phi) is 13.2. The molecular weight excluding hydrogens is 428 g/mol. The maximum atomic E-state index is 5.94. The highest BCUT2D eigenvalue weighted by atomic mass is 16.5. The Bertz CT molecular complexity index is 778. The number of aromatic nitrogens is 2. The van der Waals surface area contributed by atoms with Crippen molar-refractivity contribution in [1.29, 1.82) is 0 Å². The molecule has 35 heavy (non-hydrogen) atoms. The van der Waals surface area contributed by atoms with Crippen LogP contribution in [0.1, 0.15) is 122 Å². The van der Waals surface area contributed by atoms with Crippen LogP contribution in [0.5, 0.6) is 5.75 Å². The van der Waals surface area contributed by atoms with Crippen LogP contribution in [-0.2, 0) is 6.42 Å². The van der Waals surface area contributed by atoms with Crippen molar-refractivity contribution in [3.63, 3.8) is 0 Å². The van der Waals surface area contributed by atoms with E-state index in [1.807, 2.05) is 12.4 Å². The average Bonchev–Trinajstić information content (AvgIpc) is 2.90. The van der Waals surface area contributed by atoms with E-state index < -0.39 is 0 Å². The SMILES string of the molecule is CCCCCCCCCCCOc1ccc(-c2ncc(CC[C@H]3CC[C@H](CCC)CC3)cn2)cc1. The van der Waals surface area contributed by atoms with Gasteiger partial charge in [-0.05, 0) is 60.9 Å². The van der Waals surface area contributed by atoms with Crippen LogP contribution < -0.4 is 4.74 Å². The molecule has 3 nitrogen and oxygen atoms in total. The summed E-state index contributed by atoms with van der Waals surface area (Å²) in [6.45, 7) is 5.40. The largest absolute Gasteiger partial charge is 0.494 e. The van der Waals surface area contributed by atoms with Crippen LogP contribution in [0.25, 0.3) is 11.4 Å². The Hall–Kier alpha value is -1.90. The minimum atomic E-state index is 0.805. The van der Waals surface area contributed by atoms with Gasteiger partial charge in [0.1, 0.15) is 5.75 Å². The second-order valence-corrected chi connectivity index (χ2v) is 10.8. The van der Waals surface area contributed by atoms with Crippen LogP contribution in [0.4, 0.5) is 0 Å². The van der Waals surface area contributed by atoms with Crippen LogP contribution in [0.15, 0.2) is 36.7 Å². The van der Waals surface area contributed by atoms with Crippen LogP contribution >= 0.6 is 0 Å². The molecule has 1 aliphatic carbocycles. The summed E-state index contributed by atoms with van der Waals surface area (Å²) in [5.74, 6) is 3.63. The lowest BCUT2D eigenvalue weighted by atomic mass is 9.78. The van der Waals surface area contributed by atoms with Crippen molar-refractivity contribution in [3.05, 3.63) is 42.2 Å². The second-order valence-electron chi connectivity index (χ2n) is 10.8. The minimum absolute atomic E-state index is 0.805. The highest BCUT2D eigenvalue weighted by Crippen LogP contribution is 2.33. The summed E-state index contributed by atoms with van der Waals surface area (Å²) in [7, 11) is 0. The van der Waals surface area contributed by atoms with Crippen LogP contribution in [0.2, 0.25) is 0 Å². The topological polar surface area (TPSA) is 35.0 Å². The van der Waals surface area contributed by atoms with E-state index in [1.165, 1.54) is 102 Å². The maximum absolute atomic E-state index is 5.94. The number of hydrogen-bond donors (Lipinski definition) is 0. The maximum Gasteiger partial charge on any atom is 0.159 e. The van der Waals surface area contributed by atoms with Crippen molar-refractivity contribution in [2.75, 3.05) is 6.61 Å². The van der Waals surface area contributed by atoms with Crippen LogP contribution in [-0.4, -0.2) is 16.6 Å². The normalized spacial score (nSPS) is 18.0. The third-order valence-corrected chi connectivity index (χ3v) is 7.84. The van der Waals surface area contributed by atoms with Gasteiger partial charge in [-0.2, -0.15) is 0 Å². The standard InChI is InChI=1S/C32H50N2O/c1-3-5-6-7-8-9-10-11-12-24-35-31-22-20-30(21-23-31)32-33-25-29(26-34-32)19-18-28-16-14-27(13-4-2)15-17-28/h20-23,25-28H,3-19,24H2,1-2H3/t27-,28-. The fraction of sp³-hybridized carbons (Fsp3) is 0.688. The molecule has 0 saturated heterocycles. The molecule has 1 aromatic heterocycles. The third-order valence-electron chi connectivity index (χ3n) is 7.84. The predicted octanol–water partition coefficient (Wildman–Crippen LogP) is 9.59. The number of nitrogens with zero attached hydrogens (tertiary/aromatic N) is 2. The van der Waals surface area contributed by atoms with E-state index in [-0.39, 0.29) is 0 Å². The molecular formula is C32H50N2O. The average molecular weight is 479 g/mol. The molecule has 0 N–H and O–H groups in total. The van der Waals surface area contributed by atoms with Gasteiger partial charge in [-0.25, -0.2) is 9.97 Å². The number of ether oxygens (including phenoxy) is 1. The van der Waals surface area contributed by atoms with Crippen molar-refractivity contribution in [1.82, 2.24) is 9.97 Å². The Labute approximate surface area is 215 Å². The zero-order valence-electron chi connectivity index (χ0n) is 22.6. The van der Waals surface area contributed by atoms with E-state index in [9.17, 15) is 0 Å². The van der Waals surface area contributed by atoms with Crippen LogP contribution in [0.3, 0.4) is 0 Å². The number of aryl methyl sites for hydroxylation is 1. The van der Waals surface area contributed by atoms with Gasteiger partial charge in [0.15, 0.2) is 5.82 Å². The van der Waals surface area contributed by atoms with E-state index in [0.29, 0.717) is 0 Å². The first-order valence-corrected chi connectivity index (χ1v) is 14.8. The van der Waals surface area contributed by atoms with Gasteiger partial charge in [-0.3, -0.25) is 0 Å². The zero-order chi connectivity index (χ0) is 24.6. The molecule has 1 saturated carbocycles. The van der Waals surface area contributed by atoms with Crippen molar-refractivity contribution in [3.8, 4) is 17.1 Å². The molecule has 1 heterocycles. The van der Waals surface area contributed by atoms with E-state index in [2.05, 4.69) is 48.1 Å². The molecule has 0 atom stereocenters. The van der Waals surface area contributed by atoms with E-state index >= 15 is 0 Å². The minimum Gasteiger partial charge on any atom is -0.494 e. The lowest BCUT2D eigenvalue weighted by molar-refractivity contribution is 0.252. The summed E-state index contributed by atoms with van der Waals surface area (Å²) in [6.07, 6.45) is 27.0. The molecule has 0 radical (unpaired) electrons. The molecule has 1 fully saturated rings. The Morgan fingerprint density at radius 2 is 1.26 bits per heavy atom. The number of rotatable bonds is 17. The highest BCUT2D eigenvalue weighted by molar-refractivity contribution is 5.55. The first kappa shape index (κ1) is 27.7. The molecule has 2 aromatic rings. The molecule has 0 bridgehead atoms. The molecule has 0 unspecified atom stereocenters. The number of hydrogen-bond acceptors (Lipinski definition) is 3. The summed E-state index contributed by atoms with van der Waals surface area (Å²) in [6, 6.07) is 8.26. The van der Waals surface area contributed by atoms with Crippen molar-refractivity contribution >= 4 is 0 Å². The van der Waals surface area contributed by atoms with E-state index in [4.69, 9.17) is 4.74 Å². The Morgan fingerprint density at radius 1 is 0.686 bits per heavy atom. The van der Waals surface area contributed by atoms with Gasteiger partial charge in [0.2, 0.25) is 0 Å². The molecule has 3 heteroatoms. The quantitative estimate of drug-likeness (QED) is 0.212. The first-order chi connectivity index (χ1) is 17.3. The van der Waals surface area contributed by atoms with Crippen molar-refractivity contribution in [2.24, 2.45) is 11.8 Å². The van der Waals surface area contributed by atoms with E-state index in [1.54, 1.807) is 0 Å². The molecule has 3 rings (SSSR count). The summed E-state index contributed by atoms with van der Waals surface area (Å²) >= 11 is 0. The lowest BCUT2D eigenvalue weighted by Crippen LogP contribution is -2.15. The molecule has 194 valence electrons.